The molecule has 7 heteroatoms. The van der Waals surface area contributed by atoms with E-state index in [2.05, 4.69) is 45.2 Å². The predicted octanol–water partition coefficient (Wildman–Crippen LogP) is 4.83. The molecule has 3 aromatic rings. The van der Waals surface area contributed by atoms with Gasteiger partial charge in [0.15, 0.2) is 5.16 Å². The molecule has 0 spiro atoms. The zero-order valence-corrected chi connectivity index (χ0v) is 19.5. The van der Waals surface area contributed by atoms with Gasteiger partial charge in [0.2, 0.25) is 5.91 Å². The molecule has 3 rings (SSSR count). The second-order valence-electron chi connectivity index (χ2n) is 7.50. The lowest BCUT2D eigenvalue weighted by Gasteiger charge is -2.10. The fraction of sp³-hybridized carbons (Fsp3) is 0.375. The quantitative estimate of drug-likeness (QED) is 0.459. The highest BCUT2D eigenvalue weighted by atomic mass is 32.2. The molecular formula is C24H30N4O2S. The lowest BCUT2D eigenvalue weighted by Crippen LogP contribution is -2.15. The number of aryl methyl sites for hydroxylation is 4. The number of carbonyl (C=O) groups is 1. The first-order valence-electron chi connectivity index (χ1n) is 10.5. The van der Waals surface area contributed by atoms with E-state index in [4.69, 9.17) is 4.74 Å². The molecule has 1 aromatic heterocycles. The van der Waals surface area contributed by atoms with Gasteiger partial charge in [-0.3, -0.25) is 4.79 Å². The Kier molecular flexibility index (Phi) is 8.12. The van der Waals surface area contributed by atoms with Crippen molar-refractivity contribution in [3.63, 3.8) is 0 Å². The molecule has 2 aromatic carbocycles. The number of anilines is 1. The summed E-state index contributed by atoms with van der Waals surface area (Å²) in [7, 11) is 1.68. The third kappa shape index (κ3) is 6.34. The standard InChI is InChI=1S/C24H30N4O2S/c1-5-28-22(8-6-7-19-10-12-20(30-4)13-11-19)26-27-24(28)31-16-23(29)25-21-14-9-17(2)15-18(21)3/h9-15H,5-8,16H2,1-4H3,(H,25,29). The second kappa shape index (κ2) is 11.0. The summed E-state index contributed by atoms with van der Waals surface area (Å²) in [6, 6.07) is 14.2. The van der Waals surface area contributed by atoms with E-state index in [1.165, 1.54) is 22.9 Å². The normalized spacial score (nSPS) is 10.8. The molecule has 0 saturated heterocycles. The van der Waals surface area contributed by atoms with Crippen LogP contribution in [-0.2, 0) is 24.2 Å². The largest absolute Gasteiger partial charge is 0.497 e. The average Bonchev–Trinajstić information content (AvgIpc) is 3.16. The van der Waals surface area contributed by atoms with Gasteiger partial charge in [0.05, 0.1) is 12.9 Å². The summed E-state index contributed by atoms with van der Waals surface area (Å²) in [5, 5.41) is 12.5. The first-order chi connectivity index (χ1) is 15.0. The summed E-state index contributed by atoms with van der Waals surface area (Å²) in [6.45, 7) is 6.91. The van der Waals surface area contributed by atoms with E-state index in [9.17, 15) is 4.79 Å². The maximum atomic E-state index is 12.4. The van der Waals surface area contributed by atoms with E-state index in [1.807, 2.05) is 38.1 Å². The van der Waals surface area contributed by atoms with E-state index in [0.717, 1.165) is 53.8 Å². The van der Waals surface area contributed by atoms with E-state index in [-0.39, 0.29) is 5.91 Å². The number of aromatic nitrogens is 3. The van der Waals surface area contributed by atoms with Crippen LogP contribution in [0.25, 0.3) is 0 Å². The van der Waals surface area contributed by atoms with Gasteiger partial charge >= 0.3 is 0 Å². The van der Waals surface area contributed by atoms with Crippen LogP contribution in [0.5, 0.6) is 5.75 Å². The van der Waals surface area contributed by atoms with Gasteiger partial charge in [-0.25, -0.2) is 0 Å². The molecule has 0 bridgehead atoms. The first-order valence-corrected chi connectivity index (χ1v) is 11.5. The van der Waals surface area contributed by atoms with Crippen LogP contribution >= 0.6 is 11.8 Å². The van der Waals surface area contributed by atoms with Crippen LogP contribution in [0.2, 0.25) is 0 Å². The Balaban J connectivity index is 1.52. The molecule has 0 saturated carbocycles. The van der Waals surface area contributed by atoms with Crippen molar-refractivity contribution in [2.24, 2.45) is 0 Å². The molecule has 0 atom stereocenters. The first kappa shape index (κ1) is 22.9. The Labute approximate surface area is 188 Å². The molecule has 0 radical (unpaired) electrons. The number of nitrogens with one attached hydrogen (secondary N) is 1. The third-order valence-corrected chi connectivity index (χ3v) is 6.09. The summed E-state index contributed by atoms with van der Waals surface area (Å²) in [5.74, 6) is 2.10. The highest BCUT2D eigenvalue weighted by molar-refractivity contribution is 7.99. The number of amides is 1. The van der Waals surface area contributed by atoms with Crippen molar-refractivity contribution >= 4 is 23.4 Å². The molecule has 31 heavy (non-hydrogen) atoms. The number of rotatable bonds is 10. The van der Waals surface area contributed by atoms with Gasteiger partial charge in [0, 0.05) is 18.7 Å². The van der Waals surface area contributed by atoms with Crippen LogP contribution < -0.4 is 10.1 Å². The Morgan fingerprint density at radius 2 is 1.87 bits per heavy atom. The van der Waals surface area contributed by atoms with Crippen LogP contribution in [-0.4, -0.2) is 33.5 Å². The average molecular weight is 439 g/mol. The molecular weight excluding hydrogens is 408 g/mol. The zero-order chi connectivity index (χ0) is 22.2. The minimum Gasteiger partial charge on any atom is -0.497 e. The number of benzene rings is 2. The van der Waals surface area contributed by atoms with Crippen LogP contribution in [0, 0.1) is 13.8 Å². The van der Waals surface area contributed by atoms with Crippen LogP contribution in [0.1, 0.15) is 35.9 Å². The second-order valence-corrected chi connectivity index (χ2v) is 8.44. The van der Waals surface area contributed by atoms with Crippen molar-refractivity contribution < 1.29 is 9.53 Å². The molecule has 1 N–H and O–H groups in total. The van der Waals surface area contributed by atoms with Gasteiger partial charge in [-0.1, -0.05) is 41.6 Å². The molecule has 6 nitrogen and oxygen atoms in total. The summed E-state index contributed by atoms with van der Waals surface area (Å²) in [5.41, 5.74) is 4.38. The maximum Gasteiger partial charge on any atom is 0.234 e. The Morgan fingerprint density at radius 1 is 1.10 bits per heavy atom. The predicted molar refractivity (Wildman–Crippen MR) is 126 cm³/mol. The summed E-state index contributed by atoms with van der Waals surface area (Å²) in [4.78, 5) is 12.4. The van der Waals surface area contributed by atoms with Crippen molar-refractivity contribution in [1.29, 1.82) is 0 Å². The van der Waals surface area contributed by atoms with Gasteiger partial charge in [-0.2, -0.15) is 0 Å². The third-order valence-electron chi connectivity index (χ3n) is 5.12. The van der Waals surface area contributed by atoms with Crippen molar-refractivity contribution in [3.05, 3.63) is 65.0 Å². The number of hydrogen-bond acceptors (Lipinski definition) is 5. The molecule has 164 valence electrons. The van der Waals surface area contributed by atoms with E-state index in [1.54, 1.807) is 7.11 Å². The molecule has 0 unspecified atom stereocenters. The van der Waals surface area contributed by atoms with Crippen LogP contribution in [0.15, 0.2) is 47.6 Å². The van der Waals surface area contributed by atoms with Gasteiger partial charge in [0.1, 0.15) is 11.6 Å². The van der Waals surface area contributed by atoms with E-state index >= 15 is 0 Å². The maximum absolute atomic E-state index is 12.4. The topological polar surface area (TPSA) is 69.0 Å². The van der Waals surface area contributed by atoms with Crippen molar-refractivity contribution in [2.45, 2.75) is 51.7 Å². The number of carbonyl (C=O) groups excluding carboxylic acids is 1. The fourth-order valence-electron chi connectivity index (χ4n) is 3.44. The molecule has 0 aliphatic heterocycles. The molecule has 1 amide bonds. The monoisotopic (exact) mass is 438 g/mol. The number of thioether (sulfide) groups is 1. The zero-order valence-electron chi connectivity index (χ0n) is 18.6. The van der Waals surface area contributed by atoms with Crippen molar-refractivity contribution in [1.82, 2.24) is 14.8 Å². The summed E-state index contributed by atoms with van der Waals surface area (Å²) in [6.07, 6.45) is 2.81. The molecule has 0 fully saturated rings. The van der Waals surface area contributed by atoms with Gasteiger partial charge in [-0.15, -0.1) is 10.2 Å². The lowest BCUT2D eigenvalue weighted by atomic mass is 10.1. The number of methoxy groups -OCH3 is 1. The van der Waals surface area contributed by atoms with Crippen LogP contribution in [0.3, 0.4) is 0 Å². The number of hydrogen-bond donors (Lipinski definition) is 1. The summed E-state index contributed by atoms with van der Waals surface area (Å²) >= 11 is 1.43. The Hall–Kier alpha value is -2.80. The highest BCUT2D eigenvalue weighted by Gasteiger charge is 2.13. The lowest BCUT2D eigenvalue weighted by molar-refractivity contribution is -0.113. The Bertz CT molecular complexity index is 1010. The van der Waals surface area contributed by atoms with Gasteiger partial charge < -0.3 is 14.6 Å². The van der Waals surface area contributed by atoms with Crippen molar-refractivity contribution in [3.8, 4) is 5.75 Å². The smallest absolute Gasteiger partial charge is 0.234 e. The van der Waals surface area contributed by atoms with E-state index in [0.29, 0.717) is 5.75 Å². The minimum atomic E-state index is -0.0383. The van der Waals surface area contributed by atoms with Crippen molar-refractivity contribution in [2.75, 3.05) is 18.2 Å². The molecule has 0 aliphatic rings. The molecule has 1 heterocycles. The minimum absolute atomic E-state index is 0.0383. The van der Waals surface area contributed by atoms with E-state index < -0.39 is 0 Å². The number of nitrogens with zero attached hydrogens (tertiary/aromatic N) is 3. The summed E-state index contributed by atoms with van der Waals surface area (Å²) < 4.78 is 7.31. The van der Waals surface area contributed by atoms with Gasteiger partial charge in [0.25, 0.3) is 0 Å². The number of ether oxygens (including phenoxy) is 1. The van der Waals surface area contributed by atoms with Gasteiger partial charge in [-0.05, 0) is 62.9 Å². The van der Waals surface area contributed by atoms with Crippen LogP contribution in [0.4, 0.5) is 5.69 Å². The molecule has 0 aliphatic carbocycles. The fourth-order valence-corrected chi connectivity index (χ4v) is 4.26. The highest BCUT2D eigenvalue weighted by Crippen LogP contribution is 2.21. The Morgan fingerprint density at radius 3 is 2.55 bits per heavy atom. The SMILES string of the molecule is CCn1c(CCCc2ccc(OC)cc2)nnc1SCC(=O)Nc1ccc(C)cc1C.